The van der Waals surface area contributed by atoms with Crippen LogP contribution in [0.15, 0.2) is 30.3 Å². The molecule has 29 heavy (non-hydrogen) atoms. The molecule has 0 spiro atoms. The molecule has 1 fully saturated rings. The van der Waals surface area contributed by atoms with Crippen LogP contribution in [0.25, 0.3) is 0 Å². The minimum absolute atomic E-state index is 0.00909. The molecule has 2 aromatic rings. The number of fused-ring (bicyclic) bond motifs is 2. The van der Waals surface area contributed by atoms with Crippen LogP contribution in [-0.2, 0) is 11.3 Å². The van der Waals surface area contributed by atoms with E-state index in [-0.39, 0.29) is 34.8 Å². The zero-order chi connectivity index (χ0) is 20.4. The minimum Gasteiger partial charge on any atom is -0.507 e. The number of phenolic OH excluding ortho intramolecular Hbond substituents is 1. The second-order valence-electron chi connectivity index (χ2n) is 7.19. The van der Waals surface area contributed by atoms with E-state index in [1.54, 1.807) is 30.3 Å². The van der Waals surface area contributed by atoms with Gasteiger partial charge in [-0.1, -0.05) is 18.2 Å². The molecule has 1 aliphatic heterocycles. The van der Waals surface area contributed by atoms with Crippen LogP contribution in [0.4, 0.5) is 0 Å². The van der Waals surface area contributed by atoms with Crippen molar-refractivity contribution in [1.29, 1.82) is 0 Å². The molecule has 2 aliphatic rings. The van der Waals surface area contributed by atoms with Gasteiger partial charge in [-0.2, -0.15) is 0 Å². The summed E-state index contributed by atoms with van der Waals surface area (Å²) in [5.41, 5.74) is 6.78. The molecule has 0 radical (unpaired) electrons. The van der Waals surface area contributed by atoms with E-state index in [1.165, 1.54) is 0 Å². The molecule has 4 rings (SSSR count). The van der Waals surface area contributed by atoms with E-state index in [9.17, 15) is 14.7 Å². The van der Waals surface area contributed by atoms with Crippen LogP contribution in [0.2, 0.25) is 0 Å². The first kappa shape index (κ1) is 19.6. The standard InChI is InChI=1S/C22H24N2O5/c23-13-14-5-6-16-19(20(14)25)22(27)18-15(21(16)26)3-1-4-17(18)29-10-2-7-24-8-11-28-12-9-24/h1,3-6,25H,2,7-13,23H2. The molecule has 7 heteroatoms. The van der Waals surface area contributed by atoms with Crippen molar-refractivity contribution in [1.82, 2.24) is 4.90 Å². The summed E-state index contributed by atoms with van der Waals surface area (Å²) in [5, 5.41) is 10.5. The summed E-state index contributed by atoms with van der Waals surface area (Å²) in [7, 11) is 0. The van der Waals surface area contributed by atoms with Gasteiger partial charge in [-0.3, -0.25) is 14.5 Å². The van der Waals surface area contributed by atoms with Gasteiger partial charge in [0.05, 0.1) is 30.9 Å². The number of carbonyl (C=O) groups is 2. The summed E-state index contributed by atoms with van der Waals surface area (Å²) < 4.78 is 11.2. The van der Waals surface area contributed by atoms with E-state index in [2.05, 4.69) is 4.90 Å². The SMILES string of the molecule is NCc1ccc2c(c1O)C(=O)c1c(OCCCN3CCOCC3)cccc1C2=O. The third-order valence-corrected chi connectivity index (χ3v) is 5.43. The lowest BCUT2D eigenvalue weighted by Gasteiger charge is -2.26. The summed E-state index contributed by atoms with van der Waals surface area (Å²) in [6.45, 7) is 4.70. The highest BCUT2D eigenvalue weighted by molar-refractivity contribution is 6.30. The van der Waals surface area contributed by atoms with E-state index in [4.69, 9.17) is 15.2 Å². The molecular formula is C22H24N2O5. The maximum absolute atomic E-state index is 13.2. The van der Waals surface area contributed by atoms with E-state index in [1.807, 2.05) is 0 Å². The number of morpholine rings is 1. The third kappa shape index (κ3) is 3.64. The van der Waals surface area contributed by atoms with Crippen LogP contribution >= 0.6 is 0 Å². The van der Waals surface area contributed by atoms with Gasteiger partial charge in [-0.05, 0) is 18.6 Å². The largest absolute Gasteiger partial charge is 0.507 e. The summed E-state index contributed by atoms with van der Waals surface area (Å²) in [5.74, 6) is -0.569. The first-order valence-electron chi connectivity index (χ1n) is 9.82. The zero-order valence-corrected chi connectivity index (χ0v) is 16.1. The topological polar surface area (TPSA) is 102 Å². The van der Waals surface area contributed by atoms with Gasteiger partial charge in [0.25, 0.3) is 0 Å². The Balaban J connectivity index is 1.55. The fourth-order valence-corrected chi connectivity index (χ4v) is 3.86. The van der Waals surface area contributed by atoms with Gasteiger partial charge in [0.15, 0.2) is 5.78 Å². The Morgan fingerprint density at radius 1 is 1.03 bits per heavy atom. The molecule has 1 heterocycles. The molecule has 2 aromatic carbocycles. The van der Waals surface area contributed by atoms with Crippen LogP contribution in [0.3, 0.4) is 0 Å². The van der Waals surface area contributed by atoms with Gasteiger partial charge in [-0.25, -0.2) is 0 Å². The molecule has 1 aliphatic carbocycles. The van der Waals surface area contributed by atoms with Crippen LogP contribution in [0, 0.1) is 0 Å². The van der Waals surface area contributed by atoms with Crippen molar-refractivity contribution in [2.45, 2.75) is 13.0 Å². The Labute approximate surface area is 169 Å². The molecule has 1 saturated heterocycles. The number of ketones is 2. The number of phenols is 1. The average Bonchev–Trinajstić information content (AvgIpc) is 2.75. The Morgan fingerprint density at radius 3 is 2.55 bits per heavy atom. The number of nitrogens with zero attached hydrogens (tertiary/aromatic N) is 1. The van der Waals surface area contributed by atoms with Crippen molar-refractivity contribution in [3.8, 4) is 11.5 Å². The maximum Gasteiger partial charge on any atom is 0.201 e. The van der Waals surface area contributed by atoms with E-state index < -0.39 is 5.78 Å². The number of hydrogen-bond donors (Lipinski definition) is 2. The third-order valence-electron chi connectivity index (χ3n) is 5.43. The smallest absolute Gasteiger partial charge is 0.201 e. The molecule has 7 nitrogen and oxygen atoms in total. The molecule has 0 aromatic heterocycles. The second-order valence-corrected chi connectivity index (χ2v) is 7.19. The molecule has 0 amide bonds. The zero-order valence-electron chi connectivity index (χ0n) is 16.1. The first-order chi connectivity index (χ1) is 14.1. The van der Waals surface area contributed by atoms with Crippen LogP contribution in [0.5, 0.6) is 11.5 Å². The van der Waals surface area contributed by atoms with Gasteiger partial charge in [0.1, 0.15) is 11.5 Å². The Bertz CT molecular complexity index is 950. The number of hydrogen-bond acceptors (Lipinski definition) is 7. The Hall–Kier alpha value is -2.74. The highest BCUT2D eigenvalue weighted by Crippen LogP contribution is 2.38. The number of benzene rings is 2. The molecule has 0 unspecified atom stereocenters. The average molecular weight is 396 g/mol. The van der Waals surface area contributed by atoms with Gasteiger partial charge in [0.2, 0.25) is 5.78 Å². The number of aromatic hydroxyl groups is 1. The predicted octanol–water partition coefficient (Wildman–Crippen LogP) is 1.73. The molecule has 152 valence electrons. The molecule has 0 atom stereocenters. The lowest BCUT2D eigenvalue weighted by Crippen LogP contribution is -2.37. The van der Waals surface area contributed by atoms with E-state index in [0.29, 0.717) is 23.5 Å². The lowest BCUT2D eigenvalue weighted by atomic mass is 9.82. The normalized spacial score (nSPS) is 16.4. The molecule has 0 bridgehead atoms. The summed E-state index contributed by atoms with van der Waals surface area (Å²) in [4.78, 5) is 28.4. The van der Waals surface area contributed by atoms with Crippen molar-refractivity contribution in [2.75, 3.05) is 39.5 Å². The van der Waals surface area contributed by atoms with Crippen molar-refractivity contribution in [3.63, 3.8) is 0 Å². The molecule has 3 N–H and O–H groups in total. The quantitative estimate of drug-likeness (QED) is 0.612. The summed E-state index contributed by atoms with van der Waals surface area (Å²) >= 11 is 0. The number of carbonyl (C=O) groups excluding carboxylic acids is 2. The first-order valence-corrected chi connectivity index (χ1v) is 9.82. The Kier molecular flexibility index (Phi) is 5.62. The van der Waals surface area contributed by atoms with Crippen molar-refractivity contribution in [3.05, 3.63) is 58.1 Å². The summed E-state index contributed by atoms with van der Waals surface area (Å²) in [6, 6.07) is 8.15. The van der Waals surface area contributed by atoms with Crippen LogP contribution in [-0.4, -0.2) is 61.0 Å². The molecule has 0 saturated carbocycles. The Morgan fingerprint density at radius 2 is 1.79 bits per heavy atom. The van der Waals surface area contributed by atoms with Gasteiger partial charge >= 0.3 is 0 Å². The van der Waals surface area contributed by atoms with Gasteiger partial charge in [-0.15, -0.1) is 0 Å². The van der Waals surface area contributed by atoms with Crippen molar-refractivity contribution in [2.24, 2.45) is 5.73 Å². The second kappa shape index (κ2) is 8.32. The lowest BCUT2D eigenvalue weighted by molar-refractivity contribution is 0.0357. The number of nitrogens with two attached hydrogens (primary N) is 1. The van der Waals surface area contributed by atoms with Crippen LogP contribution in [0.1, 0.15) is 43.8 Å². The minimum atomic E-state index is -0.411. The highest BCUT2D eigenvalue weighted by atomic mass is 16.5. The monoisotopic (exact) mass is 396 g/mol. The molecular weight excluding hydrogens is 372 g/mol. The van der Waals surface area contributed by atoms with Gasteiger partial charge in [0, 0.05) is 42.9 Å². The number of rotatable bonds is 6. The van der Waals surface area contributed by atoms with E-state index in [0.717, 1.165) is 39.3 Å². The predicted molar refractivity (Wildman–Crippen MR) is 107 cm³/mol. The summed E-state index contributed by atoms with van der Waals surface area (Å²) in [6.07, 6.45) is 0.797. The van der Waals surface area contributed by atoms with E-state index >= 15 is 0 Å². The fraction of sp³-hybridized carbons (Fsp3) is 0.364. The fourth-order valence-electron chi connectivity index (χ4n) is 3.86. The van der Waals surface area contributed by atoms with Gasteiger partial charge < -0.3 is 20.3 Å². The maximum atomic E-state index is 13.2. The van der Waals surface area contributed by atoms with Crippen molar-refractivity contribution >= 4 is 11.6 Å². The number of ether oxygens (including phenoxy) is 2. The van der Waals surface area contributed by atoms with Crippen LogP contribution < -0.4 is 10.5 Å². The highest BCUT2D eigenvalue weighted by Gasteiger charge is 2.35. The van der Waals surface area contributed by atoms with Crippen molar-refractivity contribution < 1.29 is 24.2 Å².